The van der Waals surface area contributed by atoms with Gasteiger partial charge in [-0.25, -0.2) is 0 Å². The maximum Gasteiger partial charge on any atom is 0.226 e. The monoisotopic (exact) mass is 466 g/mol. The third kappa shape index (κ3) is 5.10. The van der Waals surface area contributed by atoms with E-state index in [1.165, 1.54) is 37.0 Å². The first kappa shape index (κ1) is 21.3. The molecule has 4 heterocycles. The van der Waals surface area contributed by atoms with Gasteiger partial charge in [-0.1, -0.05) is 42.2 Å². The number of aryl methyl sites for hydroxylation is 1. The van der Waals surface area contributed by atoms with E-state index in [1.807, 2.05) is 12.1 Å². The van der Waals surface area contributed by atoms with Gasteiger partial charge >= 0.3 is 0 Å². The Balaban J connectivity index is 1.21. The minimum atomic E-state index is 0.523. The summed E-state index contributed by atoms with van der Waals surface area (Å²) in [6.45, 7) is 0. The summed E-state index contributed by atoms with van der Waals surface area (Å²) in [5.74, 6) is 3.33. The van der Waals surface area contributed by atoms with Gasteiger partial charge in [0.2, 0.25) is 11.7 Å². The summed E-state index contributed by atoms with van der Waals surface area (Å²) in [6.07, 6.45) is 12.4. The molecule has 166 valence electrons. The van der Waals surface area contributed by atoms with E-state index in [0.717, 1.165) is 41.6 Å². The number of aromatic nitrogens is 6. The molecule has 0 saturated heterocycles. The van der Waals surface area contributed by atoms with Crippen molar-refractivity contribution in [3.8, 4) is 11.4 Å². The molecule has 0 radical (unpaired) electrons. The number of thiophene rings is 1. The first-order valence-corrected chi connectivity index (χ1v) is 13.1. The third-order valence-corrected chi connectivity index (χ3v) is 7.67. The Morgan fingerprint density at radius 1 is 1.09 bits per heavy atom. The van der Waals surface area contributed by atoms with Gasteiger partial charge in [0, 0.05) is 47.5 Å². The maximum absolute atomic E-state index is 5.43. The van der Waals surface area contributed by atoms with Crippen molar-refractivity contribution in [2.24, 2.45) is 0 Å². The lowest BCUT2D eigenvalue weighted by Gasteiger charge is -2.25. The zero-order valence-electron chi connectivity index (χ0n) is 17.9. The SMILES string of the molecule is c1csc(Cc2nnc(SCCCc3nc(-c4ccncc4)no3)n2C2CCCCC2)c1. The van der Waals surface area contributed by atoms with Crippen LogP contribution in [0.25, 0.3) is 11.4 Å². The van der Waals surface area contributed by atoms with Crippen LogP contribution >= 0.6 is 23.1 Å². The average molecular weight is 467 g/mol. The second kappa shape index (κ2) is 10.4. The molecule has 1 saturated carbocycles. The van der Waals surface area contributed by atoms with E-state index in [1.54, 1.807) is 35.5 Å². The van der Waals surface area contributed by atoms with Gasteiger partial charge in [0.15, 0.2) is 5.16 Å². The highest BCUT2D eigenvalue weighted by Gasteiger charge is 2.23. The molecule has 7 nitrogen and oxygen atoms in total. The lowest BCUT2D eigenvalue weighted by Crippen LogP contribution is -2.16. The Morgan fingerprint density at radius 2 is 1.97 bits per heavy atom. The highest BCUT2D eigenvalue weighted by Crippen LogP contribution is 2.33. The molecule has 0 N–H and O–H groups in total. The van der Waals surface area contributed by atoms with Gasteiger partial charge in [-0.2, -0.15) is 4.98 Å². The van der Waals surface area contributed by atoms with Crippen LogP contribution in [0.15, 0.2) is 51.7 Å². The smallest absolute Gasteiger partial charge is 0.226 e. The normalized spacial score (nSPS) is 14.8. The Bertz CT molecular complexity index is 1100. The summed E-state index contributed by atoms with van der Waals surface area (Å²) in [4.78, 5) is 9.88. The lowest BCUT2D eigenvalue weighted by atomic mass is 9.95. The van der Waals surface area contributed by atoms with Crippen molar-refractivity contribution in [2.75, 3.05) is 5.75 Å². The van der Waals surface area contributed by atoms with E-state index in [-0.39, 0.29) is 0 Å². The molecule has 1 aliphatic carbocycles. The second-order valence-corrected chi connectivity index (χ2v) is 10.1. The van der Waals surface area contributed by atoms with Crippen LogP contribution in [-0.4, -0.2) is 35.6 Å². The van der Waals surface area contributed by atoms with Crippen LogP contribution in [0.3, 0.4) is 0 Å². The van der Waals surface area contributed by atoms with Crippen molar-refractivity contribution in [3.05, 3.63) is 58.6 Å². The van der Waals surface area contributed by atoms with Gasteiger partial charge in [-0.05, 0) is 42.8 Å². The fourth-order valence-corrected chi connectivity index (χ4v) is 5.83. The summed E-state index contributed by atoms with van der Waals surface area (Å²) >= 11 is 3.58. The van der Waals surface area contributed by atoms with Crippen LogP contribution in [0.4, 0.5) is 0 Å². The first-order chi connectivity index (χ1) is 15.9. The summed E-state index contributed by atoms with van der Waals surface area (Å²) < 4.78 is 7.86. The Kier molecular flexibility index (Phi) is 6.93. The van der Waals surface area contributed by atoms with Gasteiger partial charge in [0.05, 0.1) is 0 Å². The zero-order chi connectivity index (χ0) is 21.6. The van der Waals surface area contributed by atoms with Crippen molar-refractivity contribution in [3.63, 3.8) is 0 Å². The summed E-state index contributed by atoms with van der Waals surface area (Å²) in [5.41, 5.74) is 0.920. The van der Waals surface area contributed by atoms with Crippen LogP contribution in [0.5, 0.6) is 0 Å². The standard InChI is InChI=1S/C23H26N6OS2/c1-2-6-18(7-3-1)29-20(16-19-8-4-14-31-19)26-27-23(29)32-15-5-9-21-25-22(28-30-21)17-10-12-24-13-11-17/h4,8,10-14,18H,1-3,5-7,9,15-16H2. The molecule has 32 heavy (non-hydrogen) atoms. The predicted molar refractivity (Wildman–Crippen MR) is 126 cm³/mol. The third-order valence-electron chi connectivity index (χ3n) is 5.76. The van der Waals surface area contributed by atoms with E-state index in [9.17, 15) is 0 Å². The molecule has 0 aliphatic heterocycles. The predicted octanol–water partition coefficient (Wildman–Crippen LogP) is 5.61. The van der Waals surface area contributed by atoms with E-state index >= 15 is 0 Å². The molecular weight excluding hydrogens is 440 g/mol. The first-order valence-electron chi connectivity index (χ1n) is 11.2. The Labute approximate surface area is 195 Å². The quantitative estimate of drug-likeness (QED) is 0.234. The van der Waals surface area contributed by atoms with Crippen LogP contribution in [0, 0.1) is 0 Å². The number of nitrogens with zero attached hydrogens (tertiary/aromatic N) is 6. The van der Waals surface area contributed by atoms with Crippen molar-refractivity contribution in [2.45, 2.75) is 62.6 Å². The van der Waals surface area contributed by atoms with Crippen LogP contribution in [0.1, 0.15) is 61.2 Å². The molecule has 0 bridgehead atoms. The maximum atomic E-state index is 5.43. The number of pyridine rings is 1. The summed E-state index contributed by atoms with van der Waals surface area (Å²) in [5, 5.41) is 16.4. The minimum absolute atomic E-state index is 0.523. The summed E-state index contributed by atoms with van der Waals surface area (Å²) in [6, 6.07) is 8.58. The molecule has 1 aliphatic rings. The molecule has 4 aromatic heterocycles. The Morgan fingerprint density at radius 3 is 2.78 bits per heavy atom. The van der Waals surface area contributed by atoms with Crippen molar-refractivity contribution in [1.29, 1.82) is 0 Å². The van der Waals surface area contributed by atoms with Gasteiger partial charge in [-0.15, -0.1) is 21.5 Å². The molecule has 4 aromatic rings. The Hall–Kier alpha value is -2.52. The molecule has 0 spiro atoms. The number of hydrogen-bond donors (Lipinski definition) is 0. The van der Waals surface area contributed by atoms with Crippen LogP contribution in [-0.2, 0) is 12.8 Å². The van der Waals surface area contributed by atoms with Crippen molar-refractivity contribution in [1.82, 2.24) is 29.9 Å². The largest absolute Gasteiger partial charge is 0.339 e. The number of rotatable bonds is 9. The fraction of sp³-hybridized carbons (Fsp3) is 0.435. The van der Waals surface area contributed by atoms with E-state index < -0.39 is 0 Å². The van der Waals surface area contributed by atoms with E-state index in [0.29, 0.717) is 17.8 Å². The topological polar surface area (TPSA) is 82.5 Å². The average Bonchev–Trinajstić information content (AvgIpc) is 3.60. The fourth-order valence-electron chi connectivity index (χ4n) is 4.16. The van der Waals surface area contributed by atoms with Crippen molar-refractivity contribution >= 4 is 23.1 Å². The zero-order valence-corrected chi connectivity index (χ0v) is 19.5. The molecule has 1 fully saturated rings. The van der Waals surface area contributed by atoms with E-state index in [4.69, 9.17) is 4.52 Å². The van der Waals surface area contributed by atoms with Gasteiger partial charge in [0.1, 0.15) is 5.82 Å². The molecular formula is C23H26N6OS2. The molecule has 5 rings (SSSR count). The van der Waals surface area contributed by atoms with Gasteiger partial charge in [0.25, 0.3) is 0 Å². The van der Waals surface area contributed by atoms with Gasteiger partial charge in [-0.3, -0.25) is 4.98 Å². The highest BCUT2D eigenvalue weighted by atomic mass is 32.2. The molecule has 0 amide bonds. The molecule has 9 heteroatoms. The minimum Gasteiger partial charge on any atom is -0.339 e. The van der Waals surface area contributed by atoms with Crippen molar-refractivity contribution < 1.29 is 4.52 Å². The number of hydrogen-bond acceptors (Lipinski definition) is 8. The molecule has 0 unspecified atom stereocenters. The lowest BCUT2D eigenvalue weighted by molar-refractivity contribution is 0.330. The number of thioether (sulfide) groups is 1. The highest BCUT2D eigenvalue weighted by molar-refractivity contribution is 7.99. The van der Waals surface area contributed by atoms with Gasteiger partial charge < -0.3 is 9.09 Å². The summed E-state index contributed by atoms with van der Waals surface area (Å²) in [7, 11) is 0. The second-order valence-electron chi connectivity index (χ2n) is 8.02. The molecule has 0 aromatic carbocycles. The van der Waals surface area contributed by atoms with Crippen LogP contribution < -0.4 is 0 Å². The van der Waals surface area contributed by atoms with Crippen LogP contribution in [0.2, 0.25) is 0 Å². The van der Waals surface area contributed by atoms with E-state index in [2.05, 4.69) is 47.4 Å². The molecule has 0 atom stereocenters.